The van der Waals surface area contributed by atoms with Crippen LogP contribution in [0.4, 0.5) is 10.5 Å². The number of nitrogens with one attached hydrogen (secondary N) is 1. The first kappa shape index (κ1) is 15.4. The van der Waals surface area contributed by atoms with Gasteiger partial charge in [0.15, 0.2) is 0 Å². The van der Waals surface area contributed by atoms with Crippen LogP contribution in [0.25, 0.3) is 0 Å². The molecule has 1 saturated heterocycles. The number of carbonyl (C=O) groups is 2. The minimum atomic E-state index is -0.848. The highest BCUT2D eigenvalue weighted by atomic mass is 16.4. The smallest absolute Gasteiger partial charge is 0.321 e. The summed E-state index contributed by atoms with van der Waals surface area (Å²) in [5.74, 6) is -0.455. The summed E-state index contributed by atoms with van der Waals surface area (Å²) in [6.45, 7) is 6.60. The molecule has 2 amide bonds. The molecule has 1 heterocycles. The second-order valence-electron chi connectivity index (χ2n) is 6.25. The van der Waals surface area contributed by atoms with Crippen LogP contribution in [0.1, 0.15) is 38.7 Å². The Kier molecular flexibility index (Phi) is 4.21. The maximum Gasteiger partial charge on any atom is 0.321 e. The Morgan fingerprint density at radius 2 is 2.10 bits per heavy atom. The van der Waals surface area contributed by atoms with E-state index in [0.717, 1.165) is 11.3 Å². The molecule has 5 heteroatoms. The number of hydrogen-bond donors (Lipinski definition) is 2. The van der Waals surface area contributed by atoms with Gasteiger partial charge in [0.1, 0.15) is 0 Å². The second-order valence-corrected chi connectivity index (χ2v) is 6.25. The normalized spacial score (nSPS) is 21.6. The first-order valence-corrected chi connectivity index (χ1v) is 7.21. The molecule has 21 heavy (non-hydrogen) atoms. The molecule has 0 aromatic heterocycles. The van der Waals surface area contributed by atoms with Crippen molar-refractivity contribution in [3.05, 3.63) is 29.8 Å². The lowest BCUT2D eigenvalue weighted by molar-refractivity contribution is -0.146. The number of aliphatic carboxylic acids is 1. The summed E-state index contributed by atoms with van der Waals surface area (Å²) in [7, 11) is 0. The third kappa shape index (κ3) is 3.35. The van der Waals surface area contributed by atoms with Gasteiger partial charge in [-0.3, -0.25) is 4.79 Å². The van der Waals surface area contributed by atoms with Crippen LogP contribution in [0.2, 0.25) is 0 Å². The van der Waals surface area contributed by atoms with E-state index in [2.05, 4.69) is 19.2 Å². The first-order valence-electron chi connectivity index (χ1n) is 7.21. The van der Waals surface area contributed by atoms with Crippen molar-refractivity contribution in [3.8, 4) is 0 Å². The monoisotopic (exact) mass is 290 g/mol. The Labute approximate surface area is 125 Å². The van der Waals surface area contributed by atoms with Crippen molar-refractivity contribution in [1.29, 1.82) is 0 Å². The highest BCUT2D eigenvalue weighted by molar-refractivity contribution is 5.90. The summed E-state index contributed by atoms with van der Waals surface area (Å²) in [4.78, 5) is 25.0. The fraction of sp³-hybridized carbons (Fsp3) is 0.500. The summed E-state index contributed by atoms with van der Waals surface area (Å²) in [6.07, 6.45) is 0.488. The van der Waals surface area contributed by atoms with Crippen LogP contribution in [-0.4, -0.2) is 35.1 Å². The average Bonchev–Trinajstić information content (AvgIpc) is 2.83. The number of urea groups is 1. The van der Waals surface area contributed by atoms with Crippen LogP contribution in [0.5, 0.6) is 0 Å². The van der Waals surface area contributed by atoms with Crippen molar-refractivity contribution in [2.45, 2.75) is 33.1 Å². The van der Waals surface area contributed by atoms with E-state index in [1.54, 1.807) is 11.8 Å². The first-order chi connectivity index (χ1) is 9.82. The van der Waals surface area contributed by atoms with Crippen LogP contribution in [-0.2, 0) is 4.79 Å². The molecule has 114 valence electrons. The Bertz CT molecular complexity index is 556. The van der Waals surface area contributed by atoms with Crippen molar-refractivity contribution in [1.82, 2.24) is 4.90 Å². The molecule has 0 saturated carbocycles. The highest BCUT2D eigenvalue weighted by Crippen LogP contribution is 2.30. The third-order valence-corrected chi connectivity index (χ3v) is 4.08. The molecule has 1 unspecified atom stereocenters. The zero-order valence-electron chi connectivity index (χ0n) is 12.7. The molecule has 2 rings (SSSR count). The van der Waals surface area contributed by atoms with Crippen molar-refractivity contribution in [2.24, 2.45) is 5.41 Å². The van der Waals surface area contributed by atoms with Gasteiger partial charge < -0.3 is 15.3 Å². The van der Waals surface area contributed by atoms with E-state index in [1.165, 1.54) is 0 Å². The maximum absolute atomic E-state index is 12.2. The van der Waals surface area contributed by atoms with E-state index in [1.807, 2.05) is 24.3 Å². The topological polar surface area (TPSA) is 69.6 Å². The minimum absolute atomic E-state index is 0.235. The summed E-state index contributed by atoms with van der Waals surface area (Å²) < 4.78 is 0. The van der Waals surface area contributed by atoms with Gasteiger partial charge in [-0.25, -0.2) is 4.79 Å². The Hall–Kier alpha value is -2.04. The molecule has 2 N–H and O–H groups in total. The van der Waals surface area contributed by atoms with Crippen LogP contribution in [0.3, 0.4) is 0 Å². The molecule has 1 aliphatic rings. The quantitative estimate of drug-likeness (QED) is 0.898. The van der Waals surface area contributed by atoms with E-state index in [4.69, 9.17) is 0 Å². The predicted molar refractivity (Wildman–Crippen MR) is 81.5 cm³/mol. The third-order valence-electron chi connectivity index (χ3n) is 4.08. The SMILES string of the molecule is CC(C)c1cccc(NC(=O)N2CCC(C)(C(=O)O)C2)c1. The average molecular weight is 290 g/mol. The van der Waals surface area contributed by atoms with Gasteiger partial charge in [-0.05, 0) is 37.0 Å². The van der Waals surface area contributed by atoms with E-state index < -0.39 is 11.4 Å². The minimum Gasteiger partial charge on any atom is -0.481 e. The van der Waals surface area contributed by atoms with E-state index in [9.17, 15) is 14.7 Å². The number of carboxylic acids is 1. The molecular weight excluding hydrogens is 268 g/mol. The van der Waals surface area contributed by atoms with Gasteiger partial charge in [-0.2, -0.15) is 0 Å². The number of hydrogen-bond acceptors (Lipinski definition) is 2. The summed E-state index contributed by atoms with van der Waals surface area (Å²) in [6, 6.07) is 7.50. The lowest BCUT2D eigenvalue weighted by Crippen LogP contribution is -2.37. The van der Waals surface area contributed by atoms with Gasteiger partial charge >= 0.3 is 12.0 Å². The number of carbonyl (C=O) groups excluding carboxylic acids is 1. The summed E-state index contributed by atoms with van der Waals surface area (Å²) in [5, 5.41) is 12.1. The van der Waals surface area contributed by atoms with Crippen molar-refractivity contribution in [3.63, 3.8) is 0 Å². The van der Waals surface area contributed by atoms with Gasteiger partial charge in [-0.1, -0.05) is 26.0 Å². The lowest BCUT2D eigenvalue weighted by Gasteiger charge is -2.20. The number of nitrogens with zero attached hydrogens (tertiary/aromatic N) is 1. The second kappa shape index (κ2) is 5.76. The maximum atomic E-state index is 12.2. The van der Waals surface area contributed by atoms with Crippen LogP contribution >= 0.6 is 0 Å². The molecule has 1 aromatic carbocycles. The molecular formula is C16H22N2O3. The fourth-order valence-electron chi connectivity index (χ4n) is 2.49. The fourth-order valence-corrected chi connectivity index (χ4v) is 2.49. The number of rotatable bonds is 3. The predicted octanol–water partition coefficient (Wildman–Crippen LogP) is 3.14. The Morgan fingerprint density at radius 1 is 1.38 bits per heavy atom. The van der Waals surface area contributed by atoms with E-state index in [0.29, 0.717) is 18.9 Å². The summed E-state index contributed by atoms with van der Waals surface area (Å²) >= 11 is 0. The van der Waals surface area contributed by atoms with Crippen molar-refractivity contribution in [2.75, 3.05) is 18.4 Å². The molecule has 1 aliphatic heterocycles. The molecule has 1 aromatic rings. The molecule has 5 nitrogen and oxygen atoms in total. The number of anilines is 1. The van der Waals surface area contributed by atoms with Gasteiger partial charge in [0, 0.05) is 18.8 Å². The standard InChI is InChI=1S/C16H22N2O3/c1-11(2)12-5-4-6-13(9-12)17-15(21)18-8-7-16(3,10-18)14(19)20/h4-6,9,11H,7-8,10H2,1-3H3,(H,17,21)(H,19,20). The molecule has 0 aliphatic carbocycles. The van der Waals surface area contributed by atoms with Gasteiger partial charge in [0.25, 0.3) is 0 Å². The van der Waals surface area contributed by atoms with Gasteiger partial charge in [0.05, 0.1) is 5.41 Å². The lowest BCUT2D eigenvalue weighted by atomic mass is 9.90. The van der Waals surface area contributed by atoms with Crippen LogP contribution in [0.15, 0.2) is 24.3 Å². The number of benzene rings is 1. The zero-order chi connectivity index (χ0) is 15.6. The molecule has 0 bridgehead atoms. The number of likely N-dealkylation sites (tertiary alicyclic amines) is 1. The summed E-state index contributed by atoms with van der Waals surface area (Å²) in [5.41, 5.74) is 1.07. The Balaban J connectivity index is 2.03. The Morgan fingerprint density at radius 3 is 2.67 bits per heavy atom. The highest BCUT2D eigenvalue weighted by Gasteiger charge is 2.42. The number of carboxylic acid groups (broad SMARTS) is 1. The molecule has 1 fully saturated rings. The van der Waals surface area contributed by atoms with E-state index >= 15 is 0 Å². The van der Waals surface area contributed by atoms with Crippen LogP contribution in [0, 0.1) is 5.41 Å². The van der Waals surface area contributed by atoms with E-state index in [-0.39, 0.29) is 12.6 Å². The van der Waals surface area contributed by atoms with Gasteiger partial charge in [0.2, 0.25) is 0 Å². The van der Waals surface area contributed by atoms with Crippen molar-refractivity contribution >= 4 is 17.7 Å². The zero-order valence-corrected chi connectivity index (χ0v) is 12.7. The molecule has 0 spiro atoms. The largest absolute Gasteiger partial charge is 0.481 e. The number of amides is 2. The van der Waals surface area contributed by atoms with Crippen LogP contribution < -0.4 is 5.32 Å². The van der Waals surface area contributed by atoms with Crippen molar-refractivity contribution < 1.29 is 14.7 Å². The van der Waals surface area contributed by atoms with Gasteiger partial charge in [-0.15, -0.1) is 0 Å². The molecule has 1 atom stereocenters. The molecule has 0 radical (unpaired) electrons.